The molecule has 27 heteroatoms. The molecule has 0 amide bonds. The zero-order chi connectivity index (χ0) is 32.3. The Bertz CT molecular complexity index is 1100. The fraction of sp³-hybridized carbons (Fsp3) is 0.667. The third kappa shape index (κ3) is 5.72. The average Bonchev–Trinajstić information content (AvgIpc) is 2.63. The first-order valence-electron chi connectivity index (χ1n) is 7.84. The van der Waals surface area contributed by atoms with E-state index < -0.39 is 78.8 Å². The number of ether oxygens (including phenoxy) is 3. The fourth-order valence-electron chi connectivity index (χ4n) is 1.62. The Morgan fingerprint density at radius 3 is 0.846 bits per heavy atom. The van der Waals surface area contributed by atoms with Crippen LogP contribution in [0.25, 0.3) is 0 Å². The van der Waals surface area contributed by atoms with Crippen molar-refractivity contribution in [2.45, 2.75) is 46.4 Å². The molecule has 0 bridgehead atoms. The van der Waals surface area contributed by atoms with Crippen LogP contribution < -0.4 is 0 Å². The zero-order valence-corrected chi connectivity index (χ0v) is 18.5. The molecule has 0 spiro atoms. The fourth-order valence-corrected chi connectivity index (χ4v) is 2.49. The van der Waals surface area contributed by atoms with E-state index in [0.29, 0.717) is 0 Å². The van der Waals surface area contributed by atoms with E-state index in [9.17, 15) is 94.9 Å². The van der Waals surface area contributed by atoms with Gasteiger partial charge in [0.2, 0.25) is 0 Å². The Morgan fingerprint density at radius 1 is 0.462 bits per heavy atom. The van der Waals surface area contributed by atoms with Crippen LogP contribution in [0.5, 0.6) is 0 Å². The molecule has 39 heavy (non-hydrogen) atoms. The Morgan fingerprint density at radius 2 is 0.667 bits per heavy atom. The van der Waals surface area contributed by atoms with E-state index in [1.165, 1.54) is 0 Å². The van der Waals surface area contributed by atoms with Crippen molar-refractivity contribution in [2.24, 2.45) is 0 Å². The molecule has 7 nitrogen and oxygen atoms in total. The summed E-state index contributed by atoms with van der Waals surface area (Å²) < 4.78 is 283. The molecule has 0 aromatic rings. The van der Waals surface area contributed by atoms with Gasteiger partial charge in [-0.1, -0.05) is 7.77 Å². The molecule has 0 fully saturated rings. The number of hydrogen-bond donors (Lipinski definition) is 0. The van der Waals surface area contributed by atoms with E-state index in [4.69, 9.17) is 0 Å². The lowest BCUT2D eigenvalue weighted by atomic mass is 10.1. The highest BCUT2D eigenvalue weighted by atomic mass is 32.3. The average molecular weight is 666 g/mol. The molecule has 0 saturated heterocycles. The second-order valence-electron chi connectivity index (χ2n) is 6.29. The molecule has 0 aliphatic carbocycles. The van der Waals surface area contributed by atoms with E-state index in [2.05, 4.69) is 14.2 Å². The molecular formula is C12H4F18O7S2. The van der Waals surface area contributed by atoms with Crippen LogP contribution in [0.3, 0.4) is 0 Å². The molecule has 232 valence electrons. The predicted octanol–water partition coefficient (Wildman–Crippen LogP) is 5.49. The third-order valence-electron chi connectivity index (χ3n) is 3.57. The molecule has 0 rings (SSSR count). The van der Waals surface area contributed by atoms with E-state index in [1.807, 2.05) is 13.2 Å². The summed E-state index contributed by atoms with van der Waals surface area (Å²) in [4.78, 5) is 0. The van der Waals surface area contributed by atoms with Crippen molar-refractivity contribution in [3.8, 4) is 0 Å². The van der Waals surface area contributed by atoms with E-state index in [1.54, 1.807) is 0 Å². The first-order chi connectivity index (χ1) is 16.5. The Hall–Kier alpha value is -2.48. The van der Waals surface area contributed by atoms with Crippen molar-refractivity contribution in [3.63, 3.8) is 0 Å². The molecule has 0 N–H and O–H groups in total. The quantitative estimate of drug-likeness (QED) is 0.138. The molecule has 0 unspecified atom stereocenters. The van der Waals surface area contributed by atoms with Crippen molar-refractivity contribution in [3.05, 3.63) is 25.0 Å². The number of halogens is 18. The van der Waals surface area contributed by atoms with Gasteiger partial charge in [0, 0.05) is 0 Å². The Kier molecular flexibility index (Phi) is 8.96. The van der Waals surface area contributed by atoms with Crippen LogP contribution in [-0.4, -0.2) is 63.3 Å². The van der Waals surface area contributed by atoms with Gasteiger partial charge in [0.15, 0.2) is 0 Å². The largest absolute Gasteiger partial charge is 0.473 e. The van der Waals surface area contributed by atoms with Gasteiger partial charge in [0.1, 0.15) is 0 Å². The topological polar surface area (TPSA) is 96.0 Å². The lowest BCUT2D eigenvalue weighted by Crippen LogP contribution is -2.64. The molecular weight excluding hydrogens is 662 g/mol. The SMILES string of the molecule is C=C(OC(=C)OC(F)(F)C(F)(F)C(F)(F)C(F)(F)S(=O)(=O)F)OC(F)(F)C(F)(F)C(F)(F)C(F)(F)S(=O)(=O)F. The Labute approximate surface area is 202 Å². The van der Waals surface area contributed by atoms with Crippen LogP contribution in [-0.2, 0) is 34.7 Å². The normalized spacial score (nSPS) is 15.5. The smallest absolute Gasteiger partial charge is 0.396 e. The van der Waals surface area contributed by atoms with Crippen molar-refractivity contribution >= 4 is 20.4 Å². The van der Waals surface area contributed by atoms with Gasteiger partial charge in [0.25, 0.3) is 11.9 Å². The third-order valence-corrected chi connectivity index (χ3v) is 5.31. The molecule has 0 radical (unpaired) electrons. The summed E-state index contributed by atoms with van der Waals surface area (Å²) >= 11 is 0. The summed E-state index contributed by atoms with van der Waals surface area (Å²) in [6.45, 7) is 3.69. The van der Waals surface area contributed by atoms with E-state index in [0.717, 1.165) is 0 Å². The highest BCUT2D eigenvalue weighted by Gasteiger charge is 2.88. The molecule has 0 aromatic heterocycles. The van der Waals surface area contributed by atoms with Crippen LogP contribution >= 0.6 is 0 Å². The summed E-state index contributed by atoms with van der Waals surface area (Å²) in [5, 5.41) is -15.3. The van der Waals surface area contributed by atoms with Crippen molar-refractivity contribution < 1.29 is 109 Å². The minimum Gasteiger partial charge on any atom is -0.396 e. The number of alkyl halides is 16. The molecule has 0 aliphatic heterocycles. The first kappa shape index (κ1) is 36.5. The van der Waals surface area contributed by atoms with Gasteiger partial charge in [-0.15, -0.1) is 0 Å². The highest BCUT2D eigenvalue weighted by Crippen LogP contribution is 2.57. The van der Waals surface area contributed by atoms with Gasteiger partial charge in [-0.25, -0.2) is 0 Å². The minimum atomic E-state index is -8.09. The highest BCUT2D eigenvalue weighted by molar-refractivity contribution is 7.87. The van der Waals surface area contributed by atoms with Crippen molar-refractivity contribution in [2.75, 3.05) is 0 Å². The summed E-state index contributed by atoms with van der Waals surface area (Å²) in [5.74, 6) is -37.3. The number of rotatable bonds is 14. The van der Waals surface area contributed by atoms with Crippen LogP contribution in [0.2, 0.25) is 0 Å². The lowest BCUT2D eigenvalue weighted by molar-refractivity contribution is -0.423. The molecule has 0 saturated carbocycles. The second-order valence-corrected chi connectivity index (χ2v) is 9.07. The van der Waals surface area contributed by atoms with E-state index >= 15 is 0 Å². The van der Waals surface area contributed by atoms with E-state index in [-0.39, 0.29) is 0 Å². The summed E-state index contributed by atoms with van der Waals surface area (Å²) in [6.07, 6.45) is -14.5. The molecule has 0 aliphatic rings. The van der Waals surface area contributed by atoms with Crippen LogP contribution in [0, 0.1) is 0 Å². The minimum absolute atomic E-state index is 1.85. The monoisotopic (exact) mass is 666 g/mol. The van der Waals surface area contributed by atoms with Gasteiger partial charge in [0.05, 0.1) is 0 Å². The molecule has 0 aromatic carbocycles. The Balaban J connectivity index is 6.00. The summed E-state index contributed by atoms with van der Waals surface area (Å²) in [7, 11) is -16.2. The van der Waals surface area contributed by atoms with Crippen LogP contribution in [0.15, 0.2) is 25.0 Å². The zero-order valence-electron chi connectivity index (χ0n) is 16.9. The first-order valence-corrected chi connectivity index (χ1v) is 10.6. The summed E-state index contributed by atoms with van der Waals surface area (Å²) in [6, 6.07) is 0. The maximum atomic E-state index is 13.4. The van der Waals surface area contributed by atoms with Crippen LogP contribution in [0.4, 0.5) is 78.0 Å². The van der Waals surface area contributed by atoms with Crippen LogP contribution in [0.1, 0.15) is 0 Å². The lowest BCUT2D eigenvalue weighted by Gasteiger charge is -2.35. The van der Waals surface area contributed by atoms with Gasteiger partial charge < -0.3 is 14.2 Å². The second kappa shape index (κ2) is 9.57. The van der Waals surface area contributed by atoms with Gasteiger partial charge in [-0.2, -0.15) is 87.1 Å². The summed E-state index contributed by atoms with van der Waals surface area (Å²) in [5.41, 5.74) is 0. The van der Waals surface area contributed by atoms with Crippen molar-refractivity contribution in [1.29, 1.82) is 0 Å². The standard InChI is InChI=1S/C12H4F18O7S2/c1-3(36-9(21,22)5(13,14)7(17,18)11(25,26)38(29,31)32)35-4(2)37-10(23,24)6(15,16)8(19,20)12(27,28)39(30,33)34/h1-2H2. The van der Waals surface area contributed by atoms with Gasteiger partial charge in [-0.05, 0) is 13.2 Å². The van der Waals surface area contributed by atoms with Gasteiger partial charge in [-0.3, -0.25) is 0 Å². The molecule has 0 heterocycles. The maximum Gasteiger partial charge on any atom is 0.473 e. The van der Waals surface area contributed by atoms with Gasteiger partial charge >= 0.3 is 66.9 Å². The predicted molar refractivity (Wildman–Crippen MR) is 81.2 cm³/mol. The maximum absolute atomic E-state index is 13.4. The van der Waals surface area contributed by atoms with Crippen molar-refractivity contribution in [1.82, 2.24) is 0 Å². The molecule has 0 atom stereocenters. The number of hydrogen-bond acceptors (Lipinski definition) is 7.